The van der Waals surface area contributed by atoms with Crippen molar-refractivity contribution in [1.29, 1.82) is 0 Å². The topological polar surface area (TPSA) is 116 Å². The zero-order valence-electron chi connectivity index (χ0n) is 22.8. The largest absolute Gasteiger partial charge is 0.493 e. The number of rotatable bonds is 6. The number of nitrogens with zero attached hydrogens (tertiary/aromatic N) is 2. The minimum Gasteiger partial charge on any atom is -0.493 e. The second-order valence-corrected chi connectivity index (χ2v) is 12.5. The lowest BCUT2D eigenvalue weighted by molar-refractivity contribution is 0.0546. The van der Waals surface area contributed by atoms with Crippen molar-refractivity contribution in [3.63, 3.8) is 0 Å². The van der Waals surface area contributed by atoms with Gasteiger partial charge in [0, 0.05) is 29.6 Å². The minimum absolute atomic E-state index is 0.0493. The molecule has 0 atom stereocenters. The van der Waals surface area contributed by atoms with Crippen LogP contribution in [0.2, 0.25) is 0 Å². The molecule has 1 amide bonds. The van der Waals surface area contributed by atoms with E-state index < -0.39 is 27.7 Å². The number of carbonyl (C=O) groups excluding carboxylic acids is 2. The molecule has 10 nitrogen and oxygen atoms in total. The normalized spacial score (nSPS) is 15.9. The van der Waals surface area contributed by atoms with E-state index in [4.69, 9.17) is 13.7 Å². The van der Waals surface area contributed by atoms with Crippen LogP contribution < -0.4 is 14.2 Å². The summed E-state index contributed by atoms with van der Waals surface area (Å²) >= 11 is 0. The Balaban J connectivity index is 1.78. The average Bonchev–Trinajstić information content (AvgIpc) is 3.57. The first-order valence-corrected chi connectivity index (χ1v) is 14.7. The number of methoxy groups -OCH3 is 1. The van der Waals surface area contributed by atoms with Crippen LogP contribution in [0.4, 0.5) is 4.79 Å². The Morgan fingerprint density at radius 1 is 1.13 bits per heavy atom. The molecule has 5 rings (SSSR count). The van der Waals surface area contributed by atoms with Gasteiger partial charge in [-0.3, -0.25) is 9.69 Å². The molecular formula is C28H33N3O7S. The molecule has 0 spiro atoms. The first kappa shape index (κ1) is 27.0. The van der Waals surface area contributed by atoms with E-state index in [1.54, 1.807) is 26.8 Å². The van der Waals surface area contributed by atoms with Crippen LogP contribution in [0, 0.1) is 0 Å². The van der Waals surface area contributed by atoms with Crippen LogP contribution >= 0.6 is 0 Å². The van der Waals surface area contributed by atoms with E-state index in [1.807, 2.05) is 24.3 Å². The van der Waals surface area contributed by atoms with Gasteiger partial charge in [-0.15, -0.1) is 0 Å². The number of likely N-dealkylation sites (tertiary alicyclic amines) is 1. The van der Waals surface area contributed by atoms with E-state index in [-0.39, 0.29) is 23.6 Å². The number of benzene rings is 2. The van der Waals surface area contributed by atoms with Gasteiger partial charge in [-0.1, -0.05) is 12.1 Å². The Morgan fingerprint density at radius 2 is 1.85 bits per heavy atom. The number of hydrogen-bond donors (Lipinski definition) is 1. The summed E-state index contributed by atoms with van der Waals surface area (Å²) in [6.45, 7) is 8.20. The van der Waals surface area contributed by atoms with Crippen molar-refractivity contribution >= 4 is 33.0 Å². The number of hydrogen-bond acceptors (Lipinski definition) is 8. The van der Waals surface area contributed by atoms with Gasteiger partial charge >= 0.3 is 16.2 Å². The maximum Gasteiger partial charge on any atom is 0.419 e. The highest BCUT2D eigenvalue weighted by atomic mass is 32.2. The Labute approximate surface area is 227 Å². The molecule has 0 radical (unpaired) electrons. The lowest BCUT2D eigenvalue weighted by Crippen LogP contribution is -2.27. The van der Waals surface area contributed by atoms with E-state index in [1.165, 1.54) is 11.7 Å². The summed E-state index contributed by atoms with van der Waals surface area (Å²) in [5, 5.41) is 3.62. The summed E-state index contributed by atoms with van der Waals surface area (Å²) in [6.07, 6.45) is 2.65. The Bertz CT molecular complexity index is 1580. The van der Waals surface area contributed by atoms with Gasteiger partial charge in [0.25, 0.3) is 5.91 Å². The maximum atomic E-state index is 13.7. The molecule has 0 bridgehead atoms. The molecule has 3 aromatic rings. The van der Waals surface area contributed by atoms with Crippen molar-refractivity contribution in [2.75, 3.05) is 26.5 Å². The Hall–Kier alpha value is -3.57. The van der Waals surface area contributed by atoms with Crippen LogP contribution in [-0.4, -0.2) is 61.9 Å². The third-order valence-corrected chi connectivity index (χ3v) is 7.30. The van der Waals surface area contributed by atoms with Crippen molar-refractivity contribution in [2.45, 2.75) is 52.3 Å². The lowest BCUT2D eigenvalue weighted by Gasteiger charge is -2.22. The zero-order chi connectivity index (χ0) is 28.1. The molecule has 2 aromatic carbocycles. The molecule has 1 fully saturated rings. The third-order valence-electron chi connectivity index (χ3n) is 6.83. The second kappa shape index (κ2) is 9.87. The lowest BCUT2D eigenvalue weighted by atomic mass is 9.98. The van der Waals surface area contributed by atoms with Gasteiger partial charge in [-0.2, -0.15) is 8.42 Å². The smallest absolute Gasteiger partial charge is 0.419 e. The zero-order valence-corrected chi connectivity index (χ0v) is 23.6. The van der Waals surface area contributed by atoms with E-state index >= 15 is 0 Å². The van der Waals surface area contributed by atoms with Crippen LogP contribution in [0.25, 0.3) is 22.2 Å². The molecule has 11 heteroatoms. The van der Waals surface area contributed by atoms with Crippen molar-refractivity contribution < 1.29 is 31.7 Å². The Kier molecular flexibility index (Phi) is 6.84. The number of nitrogens with one attached hydrogen (secondary N) is 1. The Morgan fingerprint density at radius 3 is 2.49 bits per heavy atom. The van der Waals surface area contributed by atoms with Crippen molar-refractivity contribution in [1.82, 2.24) is 14.8 Å². The third kappa shape index (κ3) is 5.33. The highest BCUT2D eigenvalue weighted by Gasteiger charge is 2.34. The van der Waals surface area contributed by atoms with Gasteiger partial charge in [0.2, 0.25) is 0 Å². The van der Waals surface area contributed by atoms with Gasteiger partial charge in [-0.05, 0) is 70.5 Å². The molecule has 2 aliphatic rings. The fourth-order valence-electron chi connectivity index (χ4n) is 5.29. The van der Waals surface area contributed by atoms with E-state index in [0.717, 1.165) is 49.7 Å². The van der Waals surface area contributed by atoms with E-state index in [2.05, 4.69) is 10.2 Å². The highest BCUT2D eigenvalue weighted by molar-refractivity contribution is 7.86. The minimum atomic E-state index is -3.91. The van der Waals surface area contributed by atoms with Gasteiger partial charge in [0.05, 0.1) is 30.1 Å². The predicted molar refractivity (Wildman–Crippen MR) is 147 cm³/mol. The number of ether oxygens (including phenoxy) is 2. The quantitative estimate of drug-likeness (QED) is 0.448. The molecule has 0 unspecified atom stereocenters. The summed E-state index contributed by atoms with van der Waals surface area (Å²) in [5.41, 5.74) is 2.36. The molecule has 0 aliphatic carbocycles. The average molecular weight is 556 g/mol. The number of carbonyl (C=O) groups is 2. The number of amides is 1. The molecule has 1 aromatic heterocycles. The predicted octanol–water partition coefficient (Wildman–Crippen LogP) is 4.28. The van der Waals surface area contributed by atoms with Gasteiger partial charge in [0.1, 0.15) is 5.60 Å². The van der Waals surface area contributed by atoms with E-state index in [0.29, 0.717) is 22.3 Å². The first-order chi connectivity index (χ1) is 18.4. The molecule has 208 valence electrons. The first-order valence-electron chi connectivity index (χ1n) is 12.9. The van der Waals surface area contributed by atoms with Crippen LogP contribution in [0.3, 0.4) is 0 Å². The fourth-order valence-corrected chi connectivity index (χ4v) is 5.77. The monoisotopic (exact) mass is 555 g/mol. The van der Waals surface area contributed by atoms with Gasteiger partial charge in [0.15, 0.2) is 11.5 Å². The standard InChI is InChI=1S/C28H33N3O7S/c1-28(2,3)37-27(33)31-21-10-8-9-17(16-30-11-6-7-12-30)18(21)13-22(31)19-14-23(36-4)25(38-39(5,34)35)20-15-29-26(32)24(19)20/h8-10,13-14H,6-7,11-12,15-16H2,1-5H3,(H,29,32). The number of fused-ring (bicyclic) bond motifs is 2. The summed E-state index contributed by atoms with van der Waals surface area (Å²) in [7, 11) is -2.52. The summed E-state index contributed by atoms with van der Waals surface area (Å²) in [6, 6.07) is 9.25. The van der Waals surface area contributed by atoms with Gasteiger partial charge < -0.3 is 19.0 Å². The number of aromatic nitrogens is 1. The molecule has 0 saturated carbocycles. The van der Waals surface area contributed by atoms with Crippen LogP contribution in [0.5, 0.6) is 11.5 Å². The van der Waals surface area contributed by atoms with E-state index in [9.17, 15) is 18.0 Å². The van der Waals surface area contributed by atoms with Crippen molar-refractivity contribution in [3.8, 4) is 22.8 Å². The highest BCUT2D eigenvalue weighted by Crippen LogP contribution is 2.44. The van der Waals surface area contributed by atoms with Gasteiger partial charge in [-0.25, -0.2) is 9.36 Å². The maximum absolute atomic E-state index is 13.7. The molecule has 3 heterocycles. The molecule has 2 aliphatic heterocycles. The summed E-state index contributed by atoms with van der Waals surface area (Å²) < 4.78 is 42.1. The van der Waals surface area contributed by atoms with Crippen LogP contribution in [0.15, 0.2) is 30.3 Å². The SMILES string of the molecule is COc1cc(-c2cc3c(CN4CCCC4)cccc3n2C(=O)OC(C)(C)C)c2c(c1OS(C)(=O)=O)CNC2=O. The second-order valence-electron chi connectivity index (χ2n) is 11.0. The van der Waals surface area contributed by atoms with Crippen LogP contribution in [0.1, 0.15) is 55.1 Å². The fraction of sp³-hybridized carbons (Fsp3) is 0.429. The summed E-state index contributed by atoms with van der Waals surface area (Å²) in [5.74, 6) is -0.324. The molecule has 1 saturated heterocycles. The van der Waals surface area contributed by atoms with Crippen LogP contribution in [-0.2, 0) is 27.9 Å². The van der Waals surface area contributed by atoms with Crippen molar-refractivity contribution in [3.05, 3.63) is 47.0 Å². The molecule has 1 N–H and O–H groups in total. The molecule has 39 heavy (non-hydrogen) atoms. The van der Waals surface area contributed by atoms with Crippen molar-refractivity contribution in [2.24, 2.45) is 0 Å². The molecular weight excluding hydrogens is 522 g/mol. The summed E-state index contributed by atoms with van der Waals surface area (Å²) in [4.78, 5) is 29.2.